The Hall–Kier alpha value is -3.36. The molecule has 0 spiro atoms. The second kappa shape index (κ2) is 10.5. The first-order valence-corrected chi connectivity index (χ1v) is 12.5. The Bertz CT molecular complexity index is 1180. The van der Waals surface area contributed by atoms with E-state index in [1.165, 1.54) is 0 Å². The summed E-state index contributed by atoms with van der Waals surface area (Å²) in [5.41, 5.74) is 1.49. The summed E-state index contributed by atoms with van der Waals surface area (Å²) in [4.78, 5) is 23.7. The quantitative estimate of drug-likeness (QED) is 0.282. The number of nitrogens with zero attached hydrogens (tertiary/aromatic N) is 5. The molecule has 0 unspecified atom stereocenters. The molecule has 1 aromatic carbocycles. The molecule has 0 radical (unpaired) electrons. The maximum Gasteiger partial charge on any atom is 0.258 e. The van der Waals surface area contributed by atoms with E-state index in [4.69, 9.17) is 9.05 Å². The minimum absolute atomic E-state index is 0.0178. The Morgan fingerprint density at radius 3 is 2.49 bits per heavy atom. The molecular formula is C26H30FN5O3. The number of amides is 1. The van der Waals surface area contributed by atoms with Gasteiger partial charge in [-0.05, 0) is 56.7 Å². The number of aromatic nitrogens is 4. The van der Waals surface area contributed by atoms with Crippen LogP contribution in [0, 0.1) is 0 Å². The molecule has 0 aliphatic heterocycles. The van der Waals surface area contributed by atoms with Gasteiger partial charge >= 0.3 is 0 Å². The fourth-order valence-electron chi connectivity index (χ4n) is 4.04. The number of aryl methyl sites for hydroxylation is 1. The van der Waals surface area contributed by atoms with E-state index < -0.39 is 5.83 Å². The van der Waals surface area contributed by atoms with Crippen molar-refractivity contribution < 1.29 is 18.2 Å². The van der Waals surface area contributed by atoms with Gasteiger partial charge in [0.25, 0.3) is 5.89 Å². The highest BCUT2D eigenvalue weighted by Gasteiger charge is 2.29. The first-order chi connectivity index (χ1) is 17.1. The molecule has 2 fully saturated rings. The number of anilines is 1. The zero-order chi connectivity index (χ0) is 24.2. The molecule has 0 bridgehead atoms. The molecular weight excluding hydrogens is 449 g/mol. The summed E-state index contributed by atoms with van der Waals surface area (Å²) < 4.78 is 24.0. The highest BCUT2D eigenvalue weighted by atomic mass is 19.1. The third-order valence-electron chi connectivity index (χ3n) is 6.40. The molecule has 2 saturated carbocycles. The van der Waals surface area contributed by atoms with Gasteiger partial charge in [-0.15, -0.1) is 0 Å². The summed E-state index contributed by atoms with van der Waals surface area (Å²) in [6.07, 6.45) is 7.87. The molecule has 0 N–H and O–H groups in total. The van der Waals surface area contributed by atoms with Crippen LogP contribution in [-0.4, -0.2) is 32.7 Å². The van der Waals surface area contributed by atoms with Gasteiger partial charge in [-0.3, -0.25) is 4.79 Å². The van der Waals surface area contributed by atoms with Gasteiger partial charge in [-0.25, -0.2) is 4.39 Å². The lowest BCUT2D eigenvalue weighted by molar-refractivity contribution is -0.118. The number of benzene rings is 1. The number of carbonyl (C=O) groups excluding carboxylic acids is 1. The third kappa shape index (κ3) is 6.21. The van der Waals surface area contributed by atoms with Crippen LogP contribution in [0.25, 0.3) is 11.5 Å². The Morgan fingerprint density at radius 1 is 1.00 bits per heavy atom. The van der Waals surface area contributed by atoms with Crippen molar-refractivity contribution in [3.63, 3.8) is 0 Å². The van der Waals surface area contributed by atoms with E-state index in [-0.39, 0.29) is 18.7 Å². The van der Waals surface area contributed by atoms with Crippen molar-refractivity contribution in [3.05, 3.63) is 54.2 Å². The predicted octanol–water partition coefficient (Wildman–Crippen LogP) is 5.88. The Balaban J connectivity index is 1.21. The van der Waals surface area contributed by atoms with Crippen molar-refractivity contribution in [2.75, 3.05) is 11.4 Å². The molecule has 1 amide bonds. The van der Waals surface area contributed by atoms with E-state index in [1.807, 2.05) is 24.3 Å². The zero-order valence-electron chi connectivity index (χ0n) is 19.8. The summed E-state index contributed by atoms with van der Waals surface area (Å²) in [6.45, 7) is 3.80. The molecule has 0 saturated heterocycles. The summed E-state index contributed by atoms with van der Waals surface area (Å²) in [7, 11) is 0. The van der Waals surface area contributed by atoms with Crippen LogP contribution in [0.1, 0.15) is 87.2 Å². The third-order valence-corrected chi connectivity index (χ3v) is 6.40. The van der Waals surface area contributed by atoms with Gasteiger partial charge in [0.05, 0.1) is 5.83 Å². The lowest BCUT2D eigenvalue weighted by Gasteiger charge is -2.23. The normalized spacial score (nSPS) is 15.3. The smallest absolute Gasteiger partial charge is 0.258 e. The molecule has 2 aliphatic carbocycles. The molecule has 2 aromatic heterocycles. The first-order valence-electron chi connectivity index (χ1n) is 12.5. The molecule has 184 valence electrons. The lowest BCUT2D eigenvalue weighted by atomic mass is 10.1. The van der Waals surface area contributed by atoms with Crippen LogP contribution in [0.4, 0.5) is 10.1 Å². The molecule has 35 heavy (non-hydrogen) atoms. The van der Waals surface area contributed by atoms with Crippen molar-refractivity contribution >= 4 is 11.6 Å². The zero-order valence-corrected chi connectivity index (χ0v) is 19.8. The predicted molar refractivity (Wildman–Crippen MR) is 127 cm³/mol. The SMILES string of the molecule is C=C(F)CCC(=O)N(CCCCCc1nc(C2CC2)no1)c1cccc(-c2nc(C3CC3)no2)c1. The van der Waals surface area contributed by atoms with E-state index in [0.717, 1.165) is 74.3 Å². The van der Waals surface area contributed by atoms with Crippen molar-refractivity contribution in [2.45, 2.75) is 76.0 Å². The maximum atomic E-state index is 13.2. The van der Waals surface area contributed by atoms with Gasteiger partial charge in [0.15, 0.2) is 11.6 Å². The second-order valence-electron chi connectivity index (χ2n) is 9.48. The number of hydrogen-bond donors (Lipinski definition) is 0. The van der Waals surface area contributed by atoms with E-state index >= 15 is 0 Å². The van der Waals surface area contributed by atoms with Crippen LogP contribution in [0.2, 0.25) is 0 Å². The van der Waals surface area contributed by atoms with Gasteiger partial charge in [-0.2, -0.15) is 9.97 Å². The second-order valence-corrected chi connectivity index (χ2v) is 9.48. The van der Waals surface area contributed by atoms with Crippen LogP contribution in [0.3, 0.4) is 0 Å². The number of hydrogen-bond acceptors (Lipinski definition) is 7. The number of carbonyl (C=O) groups is 1. The van der Waals surface area contributed by atoms with Crippen LogP contribution in [0.5, 0.6) is 0 Å². The fourth-order valence-corrected chi connectivity index (χ4v) is 4.04. The Kier molecular flexibility index (Phi) is 7.01. The Morgan fingerprint density at radius 2 is 1.74 bits per heavy atom. The molecule has 0 atom stereocenters. The van der Waals surface area contributed by atoms with Gasteiger partial charge in [0.2, 0.25) is 11.8 Å². The van der Waals surface area contributed by atoms with Crippen LogP contribution in [0.15, 0.2) is 45.7 Å². The van der Waals surface area contributed by atoms with E-state index in [2.05, 4.69) is 26.9 Å². The minimum atomic E-state index is -0.490. The number of allylic oxidation sites excluding steroid dienone is 1. The average molecular weight is 480 g/mol. The van der Waals surface area contributed by atoms with Crippen molar-refractivity contribution in [1.82, 2.24) is 20.3 Å². The highest BCUT2D eigenvalue weighted by Crippen LogP contribution is 2.39. The molecule has 2 aliphatic rings. The van der Waals surface area contributed by atoms with Crippen LogP contribution >= 0.6 is 0 Å². The molecule has 9 heteroatoms. The minimum Gasteiger partial charge on any atom is -0.339 e. The van der Waals surface area contributed by atoms with Gasteiger partial charge in [0, 0.05) is 48.9 Å². The van der Waals surface area contributed by atoms with Crippen molar-refractivity contribution in [3.8, 4) is 11.5 Å². The topological polar surface area (TPSA) is 98.2 Å². The van der Waals surface area contributed by atoms with E-state index in [1.54, 1.807) is 4.90 Å². The van der Waals surface area contributed by atoms with Crippen LogP contribution < -0.4 is 4.90 Å². The Labute approximate surface area is 203 Å². The molecule has 5 rings (SSSR count). The first kappa shape index (κ1) is 23.4. The number of unbranched alkanes of at least 4 members (excludes halogenated alkanes) is 2. The van der Waals surface area contributed by atoms with Gasteiger partial charge in [-0.1, -0.05) is 29.4 Å². The largest absolute Gasteiger partial charge is 0.339 e. The standard InChI is InChI=1S/C26H30FN5O3/c1-17(27)9-14-23(33)32(15-4-2-3-8-22-28-24(30-34-22)18-10-11-18)21-7-5-6-20(16-21)26-29-25(31-35-26)19-12-13-19/h5-7,16,18-19H,1-4,8-15H2. The van der Waals surface area contributed by atoms with Gasteiger partial charge in [0.1, 0.15) is 0 Å². The number of halogens is 1. The molecule has 8 nitrogen and oxygen atoms in total. The molecule has 2 heterocycles. The summed E-state index contributed by atoms with van der Waals surface area (Å²) in [5.74, 6) is 2.95. The fraction of sp³-hybridized carbons (Fsp3) is 0.500. The van der Waals surface area contributed by atoms with Crippen molar-refractivity contribution in [1.29, 1.82) is 0 Å². The number of rotatable bonds is 13. The summed E-state index contributed by atoms with van der Waals surface area (Å²) in [6, 6.07) is 7.51. The summed E-state index contributed by atoms with van der Waals surface area (Å²) >= 11 is 0. The monoisotopic (exact) mass is 479 g/mol. The average Bonchev–Trinajstić information content (AvgIpc) is 3.80. The lowest BCUT2D eigenvalue weighted by Crippen LogP contribution is -2.31. The molecule has 3 aromatic rings. The van der Waals surface area contributed by atoms with Gasteiger partial charge < -0.3 is 13.9 Å². The van der Waals surface area contributed by atoms with Crippen molar-refractivity contribution in [2.24, 2.45) is 0 Å². The summed E-state index contributed by atoms with van der Waals surface area (Å²) in [5, 5.41) is 8.14. The maximum absolute atomic E-state index is 13.2. The van der Waals surface area contributed by atoms with Crippen LogP contribution in [-0.2, 0) is 11.2 Å². The van der Waals surface area contributed by atoms with E-state index in [0.29, 0.717) is 30.2 Å². The highest BCUT2D eigenvalue weighted by molar-refractivity contribution is 5.94. The van der Waals surface area contributed by atoms with E-state index in [9.17, 15) is 9.18 Å².